The topological polar surface area (TPSA) is 58.4 Å². The average Bonchev–Trinajstić information content (AvgIpc) is 3.08. The number of nitrogens with two attached hydrogens (primary N) is 1. The average molecular weight is 337 g/mol. The highest BCUT2D eigenvalue weighted by atomic mass is 16.2. The Hall–Kier alpha value is -2.17. The SMILES string of the molecule is NC(CCCCNCc1ccccc1)C(=O)N1Cc2ccccc2C1. The van der Waals surface area contributed by atoms with Crippen molar-refractivity contribution in [3.05, 3.63) is 71.3 Å². The third-order valence-electron chi connectivity index (χ3n) is 4.76. The maximum atomic E-state index is 12.5. The molecule has 25 heavy (non-hydrogen) atoms. The molecule has 4 heteroatoms. The fourth-order valence-corrected chi connectivity index (χ4v) is 3.29. The molecule has 1 atom stereocenters. The van der Waals surface area contributed by atoms with Crippen LogP contribution in [-0.4, -0.2) is 23.4 Å². The van der Waals surface area contributed by atoms with E-state index in [1.54, 1.807) is 0 Å². The normalized spacial score (nSPS) is 14.4. The van der Waals surface area contributed by atoms with Crippen LogP contribution < -0.4 is 11.1 Å². The van der Waals surface area contributed by atoms with Crippen LogP contribution >= 0.6 is 0 Å². The zero-order valence-corrected chi connectivity index (χ0v) is 14.7. The van der Waals surface area contributed by atoms with E-state index in [1.807, 2.05) is 23.1 Å². The number of unbranched alkanes of at least 4 members (excludes halogenated alkanes) is 1. The minimum atomic E-state index is -0.386. The zero-order valence-electron chi connectivity index (χ0n) is 14.7. The van der Waals surface area contributed by atoms with Crippen molar-refractivity contribution in [2.24, 2.45) is 5.73 Å². The number of rotatable bonds is 8. The number of carbonyl (C=O) groups excluding carboxylic acids is 1. The number of fused-ring (bicyclic) bond motifs is 1. The monoisotopic (exact) mass is 337 g/mol. The second-order valence-electron chi connectivity index (χ2n) is 6.73. The maximum Gasteiger partial charge on any atom is 0.240 e. The summed E-state index contributed by atoms with van der Waals surface area (Å²) in [5, 5.41) is 3.44. The number of nitrogens with one attached hydrogen (secondary N) is 1. The molecule has 3 N–H and O–H groups in total. The van der Waals surface area contributed by atoms with Gasteiger partial charge in [-0.3, -0.25) is 4.79 Å². The van der Waals surface area contributed by atoms with Gasteiger partial charge in [0.15, 0.2) is 0 Å². The molecule has 0 saturated heterocycles. The molecule has 1 amide bonds. The van der Waals surface area contributed by atoms with Crippen LogP contribution in [0.25, 0.3) is 0 Å². The predicted octanol–water partition coefficient (Wildman–Crippen LogP) is 2.82. The molecule has 2 aromatic carbocycles. The standard InChI is InChI=1S/C21H27N3O/c22-20(12-6-7-13-23-14-17-8-2-1-3-9-17)21(25)24-15-18-10-4-5-11-19(18)16-24/h1-5,8-11,20,23H,6-7,12-16,22H2. The molecule has 1 heterocycles. The Morgan fingerprint density at radius 1 is 1.00 bits per heavy atom. The van der Waals surface area contributed by atoms with Crippen molar-refractivity contribution >= 4 is 5.91 Å². The Labute approximate surface area is 150 Å². The molecule has 3 rings (SSSR count). The fraction of sp³-hybridized carbons (Fsp3) is 0.381. The van der Waals surface area contributed by atoms with Crippen LogP contribution in [0.2, 0.25) is 0 Å². The molecule has 0 fully saturated rings. The highest BCUT2D eigenvalue weighted by Gasteiger charge is 2.26. The lowest BCUT2D eigenvalue weighted by atomic mass is 10.1. The first-order chi connectivity index (χ1) is 12.2. The van der Waals surface area contributed by atoms with Crippen molar-refractivity contribution in [1.82, 2.24) is 10.2 Å². The van der Waals surface area contributed by atoms with E-state index in [1.165, 1.54) is 16.7 Å². The van der Waals surface area contributed by atoms with Crippen LogP contribution in [-0.2, 0) is 24.4 Å². The molecular formula is C21H27N3O. The largest absolute Gasteiger partial charge is 0.333 e. The minimum Gasteiger partial charge on any atom is -0.333 e. The van der Waals surface area contributed by atoms with Crippen molar-refractivity contribution in [2.75, 3.05) is 6.54 Å². The third-order valence-corrected chi connectivity index (χ3v) is 4.76. The van der Waals surface area contributed by atoms with E-state index in [-0.39, 0.29) is 11.9 Å². The molecule has 0 saturated carbocycles. The number of amides is 1. The molecule has 0 aromatic heterocycles. The summed E-state index contributed by atoms with van der Waals surface area (Å²) in [6.45, 7) is 3.23. The number of benzene rings is 2. The molecule has 0 bridgehead atoms. The first-order valence-electron chi connectivity index (χ1n) is 9.10. The second-order valence-corrected chi connectivity index (χ2v) is 6.73. The van der Waals surface area contributed by atoms with Crippen molar-refractivity contribution in [3.63, 3.8) is 0 Å². The molecule has 0 spiro atoms. The Bertz CT molecular complexity index is 662. The van der Waals surface area contributed by atoms with Crippen molar-refractivity contribution in [2.45, 2.75) is 44.9 Å². The summed E-state index contributed by atoms with van der Waals surface area (Å²) in [5.74, 6) is 0.0773. The van der Waals surface area contributed by atoms with Crippen LogP contribution in [0.15, 0.2) is 54.6 Å². The maximum absolute atomic E-state index is 12.5. The third kappa shape index (κ3) is 4.91. The molecule has 1 aliphatic rings. The van der Waals surface area contributed by atoms with Crippen molar-refractivity contribution in [1.29, 1.82) is 0 Å². The van der Waals surface area contributed by atoms with E-state index >= 15 is 0 Å². The zero-order chi connectivity index (χ0) is 17.5. The van der Waals surface area contributed by atoms with E-state index in [0.29, 0.717) is 13.1 Å². The minimum absolute atomic E-state index is 0.0773. The number of carbonyl (C=O) groups is 1. The van der Waals surface area contributed by atoms with Gasteiger partial charge in [0.25, 0.3) is 0 Å². The molecule has 2 aromatic rings. The van der Waals surface area contributed by atoms with Gasteiger partial charge in [-0.15, -0.1) is 0 Å². The summed E-state index contributed by atoms with van der Waals surface area (Å²) < 4.78 is 0. The van der Waals surface area contributed by atoms with Gasteiger partial charge in [-0.2, -0.15) is 0 Å². The van der Waals surface area contributed by atoms with E-state index in [0.717, 1.165) is 32.4 Å². The van der Waals surface area contributed by atoms with Gasteiger partial charge in [-0.05, 0) is 36.1 Å². The fourth-order valence-electron chi connectivity index (χ4n) is 3.29. The summed E-state index contributed by atoms with van der Waals surface area (Å²) in [7, 11) is 0. The van der Waals surface area contributed by atoms with Crippen LogP contribution in [0.3, 0.4) is 0 Å². The van der Waals surface area contributed by atoms with Gasteiger partial charge in [0.1, 0.15) is 0 Å². The van der Waals surface area contributed by atoms with Crippen LogP contribution in [0, 0.1) is 0 Å². The van der Waals surface area contributed by atoms with Crippen molar-refractivity contribution in [3.8, 4) is 0 Å². The quantitative estimate of drug-likeness (QED) is 0.728. The molecule has 1 aliphatic heterocycles. The van der Waals surface area contributed by atoms with Gasteiger partial charge in [0, 0.05) is 19.6 Å². The van der Waals surface area contributed by atoms with E-state index in [2.05, 4.69) is 41.7 Å². The summed E-state index contributed by atoms with van der Waals surface area (Å²) >= 11 is 0. The molecule has 0 radical (unpaired) electrons. The lowest BCUT2D eigenvalue weighted by molar-refractivity contribution is -0.133. The van der Waals surface area contributed by atoms with Gasteiger partial charge < -0.3 is 16.0 Å². The van der Waals surface area contributed by atoms with Gasteiger partial charge in [-0.25, -0.2) is 0 Å². The number of nitrogens with zero attached hydrogens (tertiary/aromatic N) is 1. The predicted molar refractivity (Wildman–Crippen MR) is 101 cm³/mol. The smallest absolute Gasteiger partial charge is 0.240 e. The van der Waals surface area contributed by atoms with Crippen LogP contribution in [0.1, 0.15) is 36.0 Å². The highest BCUT2D eigenvalue weighted by molar-refractivity contribution is 5.82. The Kier molecular flexibility index (Phi) is 6.20. The highest BCUT2D eigenvalue weighted by Crippen LogP contribution is 2.23. The van der Waals surface area contributed by atoms with Crippen LogP contribution in [0.5, 0.6) is 0 Å². The van der Waals surface area contributed by atoms with Crippen molar-refractivity contribution < 1.29 is 4.79 Å². The molecule has 1 unspecified atom stereocenters. The summed E-state index contributed by atoms with van der Waals surface area (Å²) in [5.41, 5.74) is 9.91. The number of hydrogen-bond acceptors (Lipinski definition) is 3. The first-order valence-corrected chi connectivity index (χ1v) is 9.10. The lowest BCUT2D eigenvalue weighted by Crippen LogP contribution is -2.41. The lowest BCUT2D eigenvalue weighted by Gasteiger charge is -2.20. The van der Waals surface area contributed by atoms with E-state index < -0.39 is 0 Å². The Morgan fingerprint density at radius 3 is 2.32 bits per heavy atom. The molecule has 0 aliphatic carbocycles. The van der Waals surface area contributed by atoms with E-state index in [4.69, 9.17) is 5.73 Å². The summed E-state index contributed by atoms with van der Waals surface area (Å²) in [4.78, 5) is 14.4. The second kappa shape index (κ2) is 8.79. The molecule has 4 nitrogen and oxygen atoms in total. The molecular weight excluding hydrogens is 310 g/mol. The van der Waals surface area contributed by atoms with Gasteiger partial charge in [0.05, 0.1) is 6.04 Å². The molecule has 132 valence electrons. The summed E-state index contributed by atoms with van der Waals surface area (Å²) in [6, 6.07) is 18.2. The summed E-state index contributed by atoms with van der Waals surface area (Å²) in [6.07, 6.45) is 2.75. The van der Waals surface area contributed by atoms with Gasteiger partial charge >= 0.3 is 0 Å². The first kappa shape index (κ1) is 17.6. The Morgan fingerprint density at radius 2 is 1.64 bits per heavy atom. The number of hydrogen-bond donors (Lipinski definition) is 2. The van der Waals surface area contributed by atoms with Gasteiger partial charge in [0.2, 0.25) is 5.91 Å². The van der Waals surface area contributed by atoms with E-state index in [9.17, 15) is 4.79 Å². The Balaban J connectivity index is 1.32. The van der Waals surface area contributed by atoms with Crippen LogP contribution in [0.4, 0.5) is 0 Å². The van der Waals surface area contributed by atoms with Gasteiger partial charge in [-0.1, -0.05) is 61.0 Å².